The fraction of sp³-hybridized carbons (Fsp3) is 0.667. The van der Waals surface area contributed by atoms with E-state index in [1.807, 2.05) is 11.4 Å². The molecule has 1 atom stereocenters. The zero-order valence-corrected chi connectivity index (χ0v) is 15.0. The van der Waals surface area contributed by atoms with E-state index < -0.39 is 0 Å². The molecule has 0 aromatic carbocycles. The van der Waals surface area contributed by atoms with E-state index in [4.69, 9.17) is 24.3 Å². The molecule has 0 bridgehead atoms. The maximum Gasteiger partial charge on any atom is 0.157 e. The highest BCUT2D eigenvalue weighted by Crippen LogP contribution is 2.28. The van der Waals surface area contributed by atoms with Gasteiger partial charge in [0, 0.05) is 43.0 Å². The molecule has 0 aliphatic carbocycles. The van der Waals surface area contributed by atoms with Crippen molar-refractivity contribution in [3.8, 4) is 0 Å². The molecule has 1 N–H and O–H groups in total. The van der Waals surface area contributed by atoms with Crippen LogP contribution in [0, 0.1) is 13.8 Å². The molecule has 2 aromatic heterocycles. The predicted molar refractivity (Wildman–Crippen MR) is 94.3 cm³/mol. The van der Waals surface area contributed by atoms with Gasteiger partial charge in [-0.25, -0.2) is 4.98 Å². The summed E-state index contributed by atoms with van der Waals surface area (Å²) >= 11 is 0. The molecule has 4 heterocycles. The first-order valence-corrected chi connectivity index (χ1v) is 9.10. The Morgan fingerprint density at radius 3 is 2.76 bits per heavy atom. The molecule has 2 aromatic rings. The zero-order valence-electron chi connectivity index (χ0n) is 15.0. The van der Waals surface area contributed by atoms with Crippen molar-refractivity contribution in [1.82, 2.24) is 14.6 Å². The number of rotatable bonds is 4. The number of fused-ring (bicyclic) bond motifs is 1. The van der Waals surface area contributed by atoms with Crippen LogP contribution in [0.1, 0.15) is 35.7 Å². The van der Waals surface area contributed by atoms with E-state index in [2.05, 4.69) is 18.3 Å². The van der Waals surface area contributed by atoms with Gasteiger partial charge in [-0.05, 0) is 26.7 Å². The third-order valence-corrected chi connectivity index (χ3v) is 5.12. The number of anilines is 1. The van der Waals surface area contributed by atoms with Crippen LogP contribution < -0.4 is 5.32 Å². The first-order chi connectivity index (χ1) is 12.2. The minimum Gasteiger partial charge on any atom is -0.381 e. The van der Waals surface area contributed by atoms with E-state index in [1.54, 1.807) is 0 Å². The van der Waals surface area contributed by atoms with Crippen LogP contribution in [0.25, 0.3) is 5.65 Å². The SMILES string of the molecule is Cc1nc2cc(C3CCOCC3)nn2c(NC[C@@H]2COCCO2)c1C. The zero-order chi connectivity index (χ0) is 17.2. The molecule has 136 valence electrons. The lowest BCUT2D eigenvalue weighted by Gasteiger charge is -2.24. The minimum absolute atomic E-state index is 0.0715. The van der Waals surface area contributed by atoms with Crippen molar-refractivity contribution in [2.24, 2.45) is 0 Å². The molecule has 2 fully saturated rings. The summed E-state index contributed by atoms with van der Waals surface area (Å²) in [5.74, 6) is 1.45. The van der Waals surface area contributed by atoms with Crippen LogP contribution in [0.3, 0.4) is 0 Å². The van der Waals surface area contributed by atoms with Gasteiger partial charge >= 0.3 is 0 Å². The largest absolute Gasteiger partial charge is 0.381 e. The third-order valence-electron chi connectivity index (χ3n) is 5.12. The maximum atomic E-state index is 5.74. The van der Waals surface area contributed by atoms with Gasteiger partial charge < -0.3 is 19.5 Å². The van der Waals surface area contributed by atoms with E-state index in [-0.39, 0.29) is 6.10 Å². The first-order valence-electron chi connectivity index (χ1n) is 9.10. The van der Waals surface area contributed by atoms with Gasteiger partial charge in [0.2, 0.25) is 0 Å². The molecule has 25 heavy (non-hydrogen) atoms. The lowest BCUT2D eigenvalue weighted by molar-refractivity contribution is -0.0819. The van der Waals surface area contributed by atoms with Crippen molar-refractivity contribution in [3.63, 3.8) is 0 Å². The lowest BCUT2D eigenvalue weighted by Crippen LogP contribution is -2.34. The van der Waals surface area contributed by atoms with Crippen LogP contribution >= 0.6 is 0 Å². The van der Waals surface area contributed by atoms with Gasteiger partial charge in [0.25, 0.3) is 0 Å². The number of nitrogens with one attached hydrogen (secondary N) is 1. The van der Waals surface area contributed by atoms with Gasteiger partial charge in [0.1, 0.15) is 5.82 Å². The van der Waals surface area contributed by atoms with Crippen molar-refractivity contribution in [2.45, 2.75) is 38.7 Å². The Labute approximate surface area is 147 Å². The molecule has 0 unspecified atom stereocenters. The highest BCUT2D eigenvalue weighted by molar-refractivity contribution is 5.55. The smallest absolute Gasteiger partial charge is 0.157 e. The highest BCUT2D eigenvalue weighted by Gasteiger charge is 2.22. The summed E-state index contributed by atoms with van der Waals surface area (Å²) in [5, 5.41) is 8.38. The molecule has 7 nitrogen and oxygen atoms in total. The van der Waals surface area contributed by atoms with Crippen LogP contribution in [0.2, 0.25) is 0 Å². The number of ether oxygens (including phenoxy) is 3. The molecular weight excluding hydrogens is 320 g/mol. The summed E-state index contributed by atoms with van der Waals surface area (Å²) in [5.41, 5.74) is 4.15. The molecule has 0 saturated carbocycles. The summed E-state index contributed by atoms with van der Waals surface area (Å²) in [4.78, 5) is 4.72. The number of nitrogens with zero attached hydrogens (tertiary/aromatic N) is 3. The van der Waals surface area contributed by atoms with E-state index in [0.717, 1.165) is 54.5 Å². The van der Waals surface area contributed by atoms with Crippen LogP contribution in [0.4, 0.5) is 5.82 Å². The van der Waals surface area contributed by atoms with Crippen molar-refractivity contribution in [1.29, 1.82) is 0 Å². The monoisotopic (exact) mass is 346 g/mol. The fourth-order valence-electron chi connectivity index (χ4n) is 3.48. The molecule has 2 aliphatic rings. The Hall–Kier alpha value is -1.70. The Morgan fingerprint density at radius 1 is 1.16 bits per heavy atom. The summed E-state index contributed by atoms with van der Waals surface area (Å²) in [6, 6.07) is 2.12. The summed E-state index contributed by atoms with van der Waals surface area (Å²) in [6.45, 7) is 8.42. The van der Waals surface area contributed by atoms with Gasteiger partial charge in [0.05, 0.1) is 31.6 Å². The lowest BCUT2D eigenvalue weighted by atomic mass is 9.97. The van der Waals surface area contributed by atoms with Crippen LogP contribution in [0.15, 0.2) is 6.07 Å². The third kappa shape index (κ3) is 3.49. The predicted octanol–water partition coefficient (Wildman–Crippen LogP) is 2.07. The molecule has 7 heteroatoms. The van der Waals surface area contributed by atoms with Gasteiger partial charge in [-0.1, -0.05) is 0 Å². The molecular formula is C18H26N4O3. The molecule has 0 radical (unpaired) electrons. The van der Waals surface area contributed by atoms with Crippen molar-refractivity contribution in [3.05, 3.63) is 23.0 Å². The molecule has 2 aliphatic heterocycles. The fourth-order valence-corrected chi connectivity index (χ4v) is 3.48. The van der Waals surface area contributed by atoms with Crippen molar-refractivity contribution < 1.29 is 14.2 Å². The average Bonchev–Trinajstić information content (AvgIpc) is 3.07. The summed E-state index contributed by atoms with van der Waals surface area (Å²) in [7, 11) is 0. The second-order valence-electron chi connectivity index (χ2n) is 6.85. The standard InChI is InChI=1S/C18H26N4O3/c1-12-13(2)20-17-9-16(14-3-5-23-6-4-14)21-22(17)18(12)19-10-15-11-24-7-8-25-15/h9,14-15,19H,3-8,10-11H2,1-2H3/t15-/m1/s1. The Balaban J connectivity index is 1.61. The van der Waals surface area contributed by atoms with Gasteiger partial charge in [-0.15, -0.1) is 0 Å². The first kappa shape index (κ1) is 16.8. The number of hydrogen-bond acceptors (Lipinski definition) is 6. The Morgan fingerprint density at radius 2 is 2.00 bits per heavy atom. The molecule has 2 saturated heterocycles. The van der Waals surface area contributed by atoms with E-state index >= 15 is 0 Å². The normalized spacial score (nSPS) is 22.4. The van der Waals surface area contributed by atoms with E-state index in [9.17, 15) is 0 Å². The number of aryl methyl sites for hydroxylation is 1. The molecule has 0 amide bonds. The maximum absolute atomic E-state index is 5.74. The summed E-state index contributed by atoms with van der Waals surface area (Å²) < 4.78 is 18.6. The van der Waals surface area contributed by atoms with Crippen LogP contribution in [-0.4, -0.2) is 60.3 Å². The second-order valence-corrected chi connectivity index (χ2v) is 6.85. The Kier molecular flexibility index (Phi) is 4.87. The van der Waals surface area contributed by atoms with Crippen molar-refractivity contribution in [2.75, 3.05) is 44.9 Å². The topological polar surface area (TPSA) is 69.9 Å². The molecule has 4 rings (SSSR count). The molecule has 0 spiro atoms. The van der Waals surface area contributed by atoms with E-state index in [1.165, 1.54) is 0 Å². The van der Waals surface area contributed by atoms with Crippen LogP contribution in [0.5, 0.6) is 0 Å². The van der Waals surface area contributed by atoms with Crippen molar-refractivity contribution >= 4 is 11.5 Å². The number of aromatic nitrogens is 3. The minimum atomic E-state index is 0.0715. The second kappa shape index (κ2) is 7.27. The quantitative estimate of drug-likeness (QED) is 0.914. The van der Waals surface area contributed by atoms with Crippen LogP contribution in [-0.2, 0) is 14.2 Å². The number of hydrogen-bond donors (Lipinski definition) is 1. The van der Waals surface area contributed by atoms with E-state index in [0.29, 0.717) is 32.3 Å². The van der Waals surface area contributed by atoms with Gasteiger partial charge in [-0.3, -0.25) is 0 Å². The average molecular weight is 346 g/mol. The summed E-state index contributed by atoms with van der Waals surface area (Å²) in [6.07, 6.45) is 2.12. The van der Waals surface area contributed by atoms with Gasteiger partial charge in [0.15, 0.2) is 5.65 Å². The highest BCUT2D eigenvalue weighted by atomic mass is 16.6. The van der Waals surface area contributed by atoms with Gasteiger partial charge in [-0.2, -0.15) is 9.61 Å². The Bertz CT molecular complexity index is 733.